The van der Waals surface area contributed by atoms with Crippen LogP contribution < -0.4 is 10.1 Å². The highest BCUT2D eigenvalue weighted by atomic mass is 19.3. The average Bonchev–Trinajstić information content (AvgIpc) is 2.38. The van der Waals surface area contributed by atoms with Crippen molar-refractivity contribution in [3.8, 4) is 18.1 Å². The van der Waals surface area contributed by atoms with Gasteiger partial charge in [-0.05, 0) is 19.4 Å². The van der Waals surface area contributed by atoms with Gasteiger partial charge in [0.1, 0.15) is 5.75 Å². The molecule has 0 bridgehead atoms. The molecule has 0 radical (unpaired) electrons. The molecule has 2 unspecified atom stereocenters. The molecule has 104 valence electrons. The highest BCUT2D eigenvalue weighted by molar-refractivity contribution is 5.35. The van der Waals surface area contributed by atoms with Crippen molar-refractivity contribution in [2.75, 3.05) is 0 Å². The monoisotopic (exact) mass is 267 g/mol. The Morgan fingerprint density at radius 2 is 2.05 bits per heavy atom. The van der Waals surface area contributed by atoms with Crippen LogP contribution in [-0.2, 0) is 0 Å². The number of para-hydroxylation sites is 1. The van der Waals surface area contributed by atoms with Crippen LogP contribution in [0.3, 0.4) is 0 Å². The molecule has 0 aliphatic heterocycles. The minimum Gasteiger partial charge on any atom is -0.434 e. The van der Waals surface area contributed by atoms with E-state index in [-0.39, 0.29) is 17.8 Å². The van der Waals surface area contributed by atoms with E-state index in [0.29, 0.717) is 5.56 Å². The minimum absolute atomic E-state index is 0.0698. The first-order chi connectivity index (χ1) is 9.08. The van der Waals surface area contributed by atoms with Gasteiger partial charge in [0.05, 0.1) is 6.04 Å². The lowest BCUT2D eigenvalue weighted by molar-refractivity contribution is -0.0506. The molecular weight excluding hydrogens is 248 g/mol. The summed E-state index contributed by atoms with van der Waals surface area (Å²) in [6.07, 6.45) is 7.25. The van der Waals surface area contributed by atoms with Crippen molar-refractivity contribution >= 4 is 0 Å². The van der Waals surface area contributed by atoms with Crippen molar-refractivity contribution in [2.24, 2.45) is 0 Å². The Morgan fingerprint density at radius 1 is 1.37 bits per heavy atom. The number of rotatable bonds is 7. The molecule has 0 spiro atoms. The number of nitrogens with one attached hydrogen (secondary N) is 1. The highest BCUT2D eigenvalue weighted by Gasteiger charge is 2.16. The molecule has 0 fully saturated rings. The third-order valence-electron chi connectivity index (χ3n) is 2.83. The number of benzene rings is 1. The van der Waals surface area contributed by atoms with Gasteiger partial charge in [-0.25, -0.2) is 0 Å². The van der Waals surface area contributed by atoms with Crippen molar-refractivity contribution in [3.63, 3.8) is 0 Å². The van der Waals surface area contributed by atoms with E-state index in [1.807, 2.05) is 13.8 Å². The van der Waals surface area contributed by atoms with Crippen LogP contribution >= 0.6 is 0 Å². The number of hydrogen-bond acceptors (Lipinski definition) is 2. The average molecular weight is 267 g/mol. The lowest BCUT2D eigenvalue weighted by Crippen LogP contribution is -2.30. The molecule has 19 heavy (non-hydrogen) atoms. The number of alkyl halides is 2. The van der Waals surface area contributed by atoms with E-state index in [9.17, 15) is 8.78 Å². The largest absolute Gasteiger partial charge is 0.434 e. The summed E-state index contributed by atoms with van der Waals surface area (Å²) in [5.74, 6) is 2.85. The first-order valence-corrected chi connectivity index (χ1v) is 6.34. The minimum atomic E-state index is -2.83. The van der Waals surface area contributed by atoms with Crippen molar-refractivity contribution in [3.05, 3.63) is 29.8 Å². The summed E-state index contributed by atoms with van der Waals surface area (Å²) in [5.41, 5.74) is 0.680. The van der Waals surface area contributed by atoms with Gasteiger partial charge in [0, 0.05) is 11.6 Å². The van der Waals surface area contributed by atoms with Gasteiger partial charge in [-0.3, -0.25) is 5.32 Å². The first kappa shape index (κ1) is 15.5. The maximum absolute atomic E-state index is 12.3. The molecule has 0 aromatic heterocycles. The molecule has 0 saturated heterocycles. The normalized spacial score (nSPS) is 13.9. The van der Waals surface area contributed by atoms with Gasteiger partial charge in [0.2, 0.25) is 0 Å². The van der Waals surface area contributed by atoms with Crippen molar-refractivity contribution in [2.45, 2.75) is 45.4 Å². The molecule has 1 N–H and O–H groups in total. The Kier molecular flexibility index (Phi) is 6.31. The van der Waals surface area contributed by atoms with Crippen LogP contribution in [0, 0.1) is 12.3 Å². The van der Waals surface area contributed by atoms with Crippen LogP contribution in [-0.4, -0.2) is 12.7 Å². The molecule has 0 amide bonds. The van der Waals surface area contributed by atoms with E-state index in [0.717, 1.165) is 12.8 Å². The number of halogens is 2. The van der Waals surface area contributed by atoms with Gasteiger partial charge in [0.15, 0.2) is 0 Å². The van der Waals surface area contributed by atoms with Gasteiger partial charge in [-0.1, -0.05) is 37.5 Å². The smallest absolute Gasteiger partial charge is 0.387 e. The van der Waals surface area contributed by atoms with Crippen LogP contribution in [0.4, 0.5) is 8.78 Å². The second-order valence-electron chi connectivity index (χ2n) is 4.31. The summed E-state index contributed by atoms with van der Waals surface area (Å²) in [5, 5.41) is 3.24. The van der Waals surface area contributed by atoms with E-state index >= 15 is 0 Å². The summed E-state index contributed by atoms with van der Waals surface area (Å²) in [4.78, 5) is 0. The number of ether oxygens (including phenoxy) is 1. The van der Waals surface area contributed by atoms with Crippen LogP contribution in [0.5, 0.6) is 5.75 Å². The zero-order valence-electron chi connectivity index (χ0n) is 11.2. The third kappa shape index (κ3) is 4.88. The lowest BCUT2D eigenvalue weighted by Gasteiger charge is -2.21. The summed E-state index contributed by atoms with van der Waals surface area (Å²) >= 11 is 0. The molecule has 0 saturated carbocycles. The van der Waals surface area contributed by atoms with Crippen LogP contribution in [0.15, 0.2) is 24.3 Å². The number of hydrogen-bond donors (Lipinski definition) is 1. The number of terminal acetylenes is 1. The van der Waals surface area contributed by atoms with E-state index < -0.39 is 6.61 Å². The molecule has 2 atom stereocenters. The Morgan fingerprint density at radius 3 is 2.63 bits per heavy atom. The quantitative estimate of drug-likeness (QED) is 0.760. The fourth-order valence-corrected chi connectivity index (χ4v) is 1.94. The summed E-state index contributed by atoms with van der Waals surface area (Å²) in [6.45, 7) is 1.10. The molecule has 1 rings (SSSR count). The Balaban J connectivity index is 2.81. The van der Waals surface area contributed by atoms with Gasteiger partial charge in [-0.2, -0.15) is 8.78 Å². The molecule has 1 aromatic carbocycles. The predicted molar refractivity (Wildman–Crippen MR) is 72.2 cm³/mol. The van der Waals surface area contributed by atoms with E-state index in [1.54, 1.807) is 18.2 Å². The van der Waals surface area contributed by atoms with Gasteiger partial charge >= 0.3 is 6.61 Å². The SMILES string of the molecule is C#CC(CCC)NC(C)c1ccccc1OC(F)F. The molecule has 4 heteroatoms. The summed E-state index contributed by atoms with van der Waals surface area (Å²) in [7, 11) is 0. The van der Waals surface area contributed by atoms with Gasteiger partial charge < -0.3 is 4.74 Å². The Labute approximate surface area is 113 Å². The summed E-state index contributed by atoms with van der Waals surface area (Å²) < 4.78 is 29.2. The van der Waals surface area contributed by atoms with Crippen molar-refractivity contribution in [1.29, 1.82) is 0 Å². The zero-order valence-corrected chi connectivity index (χ0v) is 11.2. The standard InChI is InChI=1S/C15H19F2NO/c1-4-8-12(5-2)18-11(3)13-9-6-7-10-14(13)19-15(16)17/h2,6-7,9-12,15,18H,4,8H2,1,3H3. The zero-order chi connectivity index (χ0) is 14.3. The van der Waals surface area contributed by atoms with E-state index in [2.05, 4.69) is 16.0 Å². The highest BCUT2D eigenvalue weighted by Crippen LogP contribution is 2.26. The van der Waals surface area contributed by atoms with E-state index in [1.165, 1.54) is 6.07 Å². The molecular formula is C15H19F2NO. The Hall–Kier alpha value is -1.60. The van der Waals surface area contributed by atoms with Crippen molar-refractivity contribution < 1.29 is 13.5 Å². The third-order valence-corrected chi connectivity index (χ3v) is 2.83. The second kappa shape index (κ2) is 7.75. The van der Waals surface area contributed by atoms with Crippen LogP contribution in [0.25, 0.3) is 0 Å². The first-order valence-electron chi connectivity index (χ1n) is 6.34. The van der Waals surface area contributed by atoms with E-state index in [4.69, 9.17) is 6.42 Å². The van der Waals surface area contributed by atoms with Gasteiger partial charge in [0.25, 0.3) is 0 Å². The lowest BCUT2D eigenvalue weighted by atomic mass is 10.0. The molecule has 0 aliphatic rings. The maximum atomic E-state index is 12.3. The predicted octanol–water partition coefficient (Wildman–Crippen LogP) is 3.74. The fraction of sp³-hybridized carbons (Fsp3) is 0.467. The fourth-order valence-electron chi connectivity index (χ4n) is 1.94. The molecule has 2 nitrogen and oxygen atoms in total. The van der Waals surface area contributed by atoms with Gasteiger partial charge in [-0.15, -0.1) is 6.42 Å². The van der Waals surface area contributed by atoms with Crippen molar-refractivity contribution in [1.82, 2.24) is 5.32 Å². The van der Waals surface area contributed by atoms with Crippen LogP contribution in [0.2, 0.25) is 0 Å². The summed E-state index contributed by atoms with van der Waals surface area (Å²) in [6, 6.07) is 6.52. The Bertz CT molecular complexity index is 428. The molecule has 1 aromatic rings. The maximum Gasteiger partial charge on any atom is 0.387 e. The molecule has 0 aliphatic carbocycles. The topological polar surface area (TPSA) is 21.3 Å². The van der Waals surface area contributed by atoms with Crippen LogP contribution in [0.1, 0.15) is 38.3 Å². The molecule has 0 heterocycles. The second-order valence-corrected chi connectivity index (χ2v) is 4.31.